The molecule has 1 aliphatic carbocycles. The molecule has 6 heteroatoms. The minimum atomic E-state index is -0.303. The van der Waals surface area contributed by atoms with Crippen LogP contribution in [0.2, 0.25) is 0 Å². The van der Waals surface area contributed by atoms with Crippen molar-refractivity contribution in [2.75, 3.05) is 5.73 Å². The van der Waals surface area contributed by atoms with Gasteiger partial charge in [0, 0.05) is 16.0 Å². The molecule has 3 rings (SSSR count). The lowest BCUT2D eigenvalue weighted by molar-refractivity contribution is 0.627. The number of anilines is 1. The Bertz CT molecular complexity index is 657. The van der Waals surface area contributed by atoms with Crippen LogP contribution in [0.5, 0.6) is 0 Å². The van der Waals surface area contributed by atoms with E-state index in [2.05, 4.69) is 41.8 Å². The third-order valence-corrected chi connectivity index (χ3v) is 4.51. The maximum Gasteiger partial charge on any atom is 0.162 e. The highest BCUT2D eigenvalue weighted by atomic mass is 79.9. The van der Waals surface area contributed by atoms with Gasteiger partial charge in [0.15, 0.2) is 5.82 Å². The fourth-order valence-electron chi connectivity index (χ4n) is 1.90. The lowest BCUT2D eigenvalue weighted by atomic mass is 10.2. The number of halogens is 3. The van der Waals surface area contributed by atoms with Crippen molar-refractivity contribution in [3.63, 3.8) is 0 Å². The van der Waals surface area contributed by atoms with E-state index in [1.165, 1.54) is 12.1 Å². The molecular formula is C13H10Br2FN3. The van der Waals surface area contributed by atoms with E-state index < -0.39 is 0 Å². The van der Waals surface area contributed by atoms with Gasteiger partial charge in [-0.25, -0.2) is 14.4 Å². The van der Waals surface area contributed by atoms with Crippen LogP contribution < -0.4 is 5.73 Å². The topological polar surface area (TPSA) is 51.8 Å². The number of nitrogen functional groups attached to an aromatic ring is 1. The van der Waals surface area contributed by atoms with Crippen LogP contribution in [0.3, 0.4) is 0 Å². The van der Waals surface area contributed by atoms with Gasteiger partial charge in [0.05, 0.1) is 10.2 Å². The molecule has 0 saturated heterocycles. The molecular weight excluding hydrogens is 377 g/mol. The molecule has 0 bridgehead atoms. The van der Waals surface area contributed by atoms with E-state index in [0.29, 0.717) is 22.0 Å². The molecule has 1 aliphatic rings. The van der Waals surface area contributed by atoms with Crippen molar-refractivity contribution in [2.45, 2.75) is 18.8 Å². The zero-order valence-electron chi connectivity index (χ0n) is 9.83. The predicted molar refractivity (Wildman–Crippen MR) is 79.2 cm³/mol. The molecule has 0 amide bonds. The molecule has 1 aromatic carbocycles. The standard InChI is InChI=1S/C13H10Br2FN3/c14-9-5-7(16)3-4-8(9)13-18-11(6-1-2-6)10(15)12(17)19-13/h3-6H,1-2H2,(H2,17,18,19). The second-order valence-corrected chi connectivity index (χ2v) is 6.18. The van der Waals surface area contributed by atoms with Crippen LogP contribution in [-0.4, -0.2) is 9.97 Å². The molecule has 0 aliphatic heterocycles. The number of nitrogens with zero attached hydrogens (tertiary/aromatic N) is 2. The molecule has 0 unspecified atom stereocenters. The van der Waals surface area contributed by atoms with Gasteiger partial charge in [-0.2, -0.15) is 0 Å². The predicted octanol–water partition coefficient (Wildman–Crippen LogP) is 4.27. The SMILES string of the molecule is Nc1nc(-c2ccc(F)cc2Br)nc(C2CC2)c1Br. The van der Waals surface area contributed by atoms with Gasteiger partial charge in [-0.15, -0.1) is 0 Å². The van der Waals surface area contributed by atoms with E-state index in [-0.39, 0.29) is 5.82 Å². The largest absolute Gasteiger partial charge is 0.383 e. The Morgan fingerprint density at radius 1 is 1.21 bits per heavy atom. The highest BCUT2D eigenvalue weighted by Gasteiger charge is 2.29. The summed E-state index contributed by atoms with van der Waals surface area (Å²) < 4.78 is 14.5. The summed E-state index contributed by atoms with van der Waals surface area (Å²) in [6, 6.07) is 4.44. The van der Waals surface area contributed by atoms with E-state index in [9.17, 15) is 4.39 Å². The zero-order chi connectivity index (χ0) is 13.6. The Kier molecular flexibility index (Phi) is 3.30. The highest BCUT2D eigenvalue weighted by molar-refractivity contribution is 9.11. The van der Waals surface area contributed by atoms with Gasteiger partial charge in [-0.3, -0.25) is 0 Å². The molecule has 2 N–H and O–H groups in total. The molecule has 0 atom stereocenters. The molecule has 3 nitrogen and oxygen atoms in total. The second-order valence-electron chi connectivity index (χ2n) is 4.53. The summed E-state index contributed by atoms with van der Waals surface area (Å²) in [7, 11) is 0. The maximum absolute atomic E-state index is 13.1. The first-order chi connectivity index (χ1) is 9.06. The van der Waals surface area contributed by atoms with E-state index in [4.69, 9.17) is 5.73 Å². The van der Waals surface area contributed by atoms with Gasteiger partial charge in [0.2, 0.25) is 0 Å². The van der Waals surface area contributed by atoms with Crippen molar-refractivity contribution < 1.29 is 4.39 Å². The number of aromatic nitrogens is 2. The van der Waals surface area contributed by atoms with Crippen molar-refractivity contribution >= 4 is 37.7 Å². The summed E-state index contributed by atoms with van der Waals surface area (Å²) in [4.78, 5) is 8.84. The summed E-state index contributed by atoms with van der Waals surface area (Å²) in [5.41, 5.74) is 7.60. The van der Waals surface area contributed by atoms with Crippen LogP contribution in [0.4, 0.5) is 10.2 Å². The van der Waals surface area contributed by atoms with Gasteiger partial charge < -0.3 is 5.73 Å². The van der Waals surface area contributed by atoms with Crippen LogP contribution in [0.15, 0.2) is 27.1 Å². The first-order valence-electron chi connectivity index (χ1n) is 5.84. The third-order valence-electron chi connectivity index (χ3n) is 3.04. The molecule has 2 aromatic rings. The summed E-state index contributed by atoms with van der Waals surface area (Å²) in [5.74, 6) is 1.10. The first kappa shape index (κ1) is 13.0. The number of hydrogen-bond acceptors (Lipinski definition) is 3. The van der Waals surface area contributed by atoms with Gasteiger partial charge in [-0.05, 0) is 62.9 Å². The van der Waals surface area contributed by atoms with Crippen LogP contribution in [0.25, 0.3) is 11.4 Å². The Labute approximate surface area is 126 Å². The van der Waals surface area contributed by atoms with E-state index in [1.54, 1.807) is 6.07 Å². The average Bonchev–Trinajstić information content (AvgIpc) is 3.17. The average molecular weight is 387 g/mol. The molecule has 98 valence electrons. The molecule has 0 spiro atoms. The van der Waals surface area contributed by atoms with Gasteiger partial charge in [0.1, 0.15) is 11.6 Å². The third kappa shape index (κ3) is 2.51. The number of rotatable bonds is 2. The minimum Gasteiger partial charge on any atom is -0.383 e. The highest BCUT2D eigenvalue weighted by Crippen LogP contribution is 2.44. The first-order valence-corrected chi connectivity index (χ1v) is 7.43. The number of hydrogen-bond donors (Lipinski definition) is 1. The summed E-state index contributed by atoms with van der Waals surface area (Å²) in [5, 5.41) is 0. The summed E-state index contributed by atoms with van der Waals surface area (Å²) in [6.45, 7) is 0. The van der Waals surface area contributed by atoms with Crippen molar-refractivity contribution in [2.24, 2.45) is 0 Å². The van der Waals surface area contributed by atoms with Crippen molar-refractivity contribution in [3.05, 3.63) is 38.7 Å². The molecule has 1 fully saturated rings. The normalized spacial score (nSPS) is 14.7. The Balaban J connectivity index is 2.14. The molecule has 0 radical (unpaired) electrons. The van der Waals surface area contributed by atoms with E-state index in [1.807, 2.05) is 0 Å². The Morgan fingerprint density at radius 3 is 2.58 bits per heavy atom. The summed E-state index contributed by atoms with van der Waals surface area (Å²) in [6.07, 6.45) is 2.25. The second kappa shape index (κ2) is 4.83. The lowest BCUT2D eigenvalue weighted by Gasteiger charge is -2.09. The van der Waals surface area contributed by atoms with Crippen LogP contribution in [0, 0.1) is 5.82 Å². The number of benzene rings is 1. The smallest absolute Gasteiger partial charge is 0.162 e. The van der Waals surface area contributed by atoms with Crippen molar-refractivity contribution in [3.8, 4) is 11.4 Å². The molecule has 1 aromatic heterocycles. The molecule has 1 heterocycles. The van der Waals surface area contributed by atoms with Gasteiger partial charge >= 0.3 is 0 Å². The molecule has 1 saturated carbocycles. The van der Waals surface area contributed by atoms with E-state index >= 15 is 0 Å². The van der Waals surface area contributed by atoms with Crippen LogP contribution in [-0.2, 0) is 0 Å². The van der Waals surface area contributed by atoms with Crippen molar-refractivity contribution in [1.29, 1.82) is 0 Å². The van der Waals surface area contributed by atoms with Gasteiger partial charge in [0.25, 0.3) is 0 Å². The lowest BCUT2D eigenvalue weighted by Crippen LogP contribution is -2.02. The fraction of sp³-hybridized carbons (Fsp3) is 0.231. The molecule has 19 heavy (non-hydrogen) atoms. The Hall–Kier alpha value is -1.01. The van der Waals surface area contributed by atoms with Crippen molar-refractivity contribution in [1.82, 2.24) is 9.97 Å². The zero-order valence-corrected chi connectivity index (χ0v) is 13.0. The monoisotopic (exact) mass is 385 g/mol. The Morgan fingerprint density at radius 2 is 1.95 bits per heavy atom. The quantitative estimate of drug-likeness (QED) is 0.838. The maximum atomic E-state index is 13.1. The minimum absolute atomic E-state index is 0.303. The van der Waals surface area contributed by atoms with Crippen LogP contribution in [0.1, 0.15) is 24.5 Å². The number of nitrogens with two attached hydrogens (primary N) is 1. The van der Waals surface area contributed by atoms with Crippen LogP contribution >= 0.6 is 31.9 Å². The summed E-state index contributed by atoms with van der Waals surface area (Å²) >= 11 is 6.77. The van der Waals surface area contributed by atoms with E-state index in [0.717, 1.165) is 28.6 Å². The fourth-order valence-corrected chi connectivity index (χ4v) is 2.93. The van der Waals surface area contributed by atoms with Gasteiger partial charge in [-0.1, -0.05) is 0 Å².